The summed E-state index contributed by atoms with van der Waals surface area (Å²) in [7, 11) is 2.14. The topological polar surface area (TPSA) is 41.4 Å². The number of hydrogen-bond donors (Lipinski definition) is 0. The largest absolute Gasteiger partial charge is 0.351 e. The average Bonchev–Trinajstić information content (AvgIpc) is 3.06. The van der Waals surface area contributed by atoms with Crippen molar-refractivity contribution in [3.63, 3.8) is 0 Å². The van der Waals surface area contributed by atoms with Gasteiger partial charge in [-0.1, -0.05) is 98.8 Å². The maximum Gasteiger partial charge on any atom is 0.155 e. The Bertz CT molecular complexity index is 1920. The monoisotopic (exact) mass is 560 g/mol. The van der Waals surface area contributed by atoms with Crippen LogP contribution in [0.1, 0.15) is 43.1 Å². The van der Waals surface area contributed by atoms with Crippen molar-refractivity contribution in [3.8, 4) is 11.1 Å². The number of rotatable bonds is 6. The first-order valence-corrected chi connectivity index (χ1v) is 15.2. The summed E-state index contributed by atoms with van der Waals surface area (Å²) in [5, 5.41) is 3.61. The standard InChI is InChI=1S/C39H36N4/c1-26(2)36-25-33(28-12-6-4-7-13-28)32-20-19-29-18-17-27(23-34(29)38(32)41-36)22-31-24-37(30-14-8-5-9-15-30)42-39(43(31)3)35-16-10-11-21-40-35/h4-14,16-21,23-26,30-31H,15,22H2,1-3H3. The van der Waals surface area contributed by atoms with Crippen LogP contribution in [0.5, 0.6) is 0 Å². The van der Waals surface area contributed by atoms with E-state index in [9.17, 15) is 0 Å². The number of nitrogens with zero attached hydrogens (tertiary/aromatic N) is 4. The van der Waals surface area contributed by atoms with Gasteiger partial charge in [0.05, 0.1) is 11.6 Å². The maximum atomic E-state index is 5.25. The second kappa shape index (κ2) is 11.4. The fourth-order valence-corrected chi connectivity index (χ4v) is 6.24. The van der Waals surface area contributed by atoms with Crippen LogP contribution in [0.25, 0.3) is 32.8 Å². The molecule has 0 radical (unpaired) electrons. The van der Waals surface area contributed by atoms with Gasteiger partial charge in [0.2, 0.25) is 0 Å². The molecule has 0 saturated carbocycles. The van der Waals surface area contributed by atoms with Crippen LogP contribution >= 0.6 is 0 Å². The summed E-state index contributed by atoms with van der Waals surface area (Å²) in [6.45, 7) is 4.45. The highest BCUT2D eigenvalue weighted by Crippen LogP contribution is 2.35. The van der Waals surface area contributed by atoms with Gasteiger partial charge in [0.15, 0.2) is 5.84 Å². The van der Waals surface area contributed by atoms with E-state index in [1.54, 1.807) is 0 Å². The molecule has 2 unspecified atom stereocenters. The van der Waals surface area contributed by atoms with Crippen LogP contribution in [0, 0.1) is 5.92 Å². The van der Waals surface area contributed by atoms with E-state index in [0.29, 0.717) is 5.92 Å². The van der Waals surface area contributed by atoms with E-state index in [4.69, 9.17) is 9.98 Å². The molecular weight excluding hydrogens is 524 g/mol. The number of aromatic nitrogens is 2. The molecule has 2 atom stereocenters. The Kier molecular flexibility index (Phi) is 7.20. The number of allylic oxidation sites excluding steroid dienone is 4. The van der Waals surface area contributed by atoms with Crippen molar-refractivity contribution in [1.29, 1.82) is 0 Å². The zero-order chi connectivity index (χ0) is 29.3. The quantitative estimate of drug-likeness (QED) is 0.195. The fourth-order valence-electron chi connectivity index (χ4n) is 6.24. The number of amidine groups is 1. The van der Waals surface area contributed by atoms with Gasteiger partial charge in [0, 0.05) is 41.3 Å². The highest BCUT2D eigenvalue weighted by molar-refractivity contribution is 6.10. The highest BCUT2D eigenvalue weighted by atomic mass is 15.2. The van der Waals surface area contributed by atoms with Crippen LogP contribution in [0.4, 0.5) is 0 Å². The molecule has 4 heteroatoms. The number of benzene rings is 3. The van der Waals surface area contributed by atoms with Crippen LogP contribution in [-0.2, 0) is 6.42 Å². The lowest BCUT2D eigenvalue weighted by Crippen LogP contribution is -2.41. The smallest absolute Gasteiger partial charge is 0.155 e. The first kappa shape index (κ1) is 27.0. The van der Waals surface area contributed by atoms with Gasteiger partial charge in [-0.05, 0) is 71.2 Å². The molecule has 2 aromatic heterocycles. The van der Waals surface area contributed by atoms with Crippen LogP contribution < -0.4 is 0 Å². The second-order valence-electron chi connectivity index (χ2n) is 11.9. The van der Waals surface area contributed by atoms with Crippen molar-refractivity contribution >= 4 is 27.5 Å². The Labute approximate surface area is 253 Å². The lowest BCUT2D eigenvalue weighted by Gasteiger charge is -2.34. The first-order chi connectivity index (χ1) is 21.0. The predicted octanol–water partition coefficient (Wildman–Crippen LogP) is 8.89. The number of hydrogen-bond acceptors (Lipinski definition) is 4. The third-order valence-corrected chi connectivity index (χ3v) is 8.69. The van der Waals surface area contributed by atoms with E-state index >= 15 is 0 Å². The van der Waals surface area contributed by atoms with E-state index in [2.05, 4.69) is 134 Å². The minimum atomic E-state index is 0.148. The minimum Gasteiger partial charge on any atom is -0.351 e. The second-order valence-corrected chi connectivity index (χ2v) is 11.9. The average molecular weight is 561 g/mol. The molecule has 5 aromatic rings. The van der Waals surface area contributed by atoms with E-state index in [1.807, 2.05) is 18.3 Å². The molecule has 1 aliphatic carbocycles. The van der Waals surface area contributed by atoms with Crippen LogP contribution in [0.15, 0.2) is 132 Å². The lowest BCUT2D eigenvalue weighted by molar-refractivity contribution is 0.409. The fraction of sp³-hybridized carbons (Fsp3) is 0.205. The third-order valence-electron chi connectivity index (χ3n) is 8.69. The summed E-state index contributed by atoms with van der Waals surface area (Å²) in [6.07, 6.45) is 14.8. The molecule has 0 amide bonds. The summed E-state index contributed by atoms with van der Waals surface area (Å²) < 4.78 is 0. The molecule has 0 saturated heterocycles. The third kappa shape index (κ3) is 5.30. The van der Waals surface area contributed by atoms with Crippen molar-refractivity contribution in [2.24, 2.45) is 10.9 Å². The minimum absolute atomic E-state index is 0.148. The normalized spacial score (nSPS) is 18.4. The molecule has 0 N–H and O–H groups in total. The van der Waals surface area contributed by atoms with Crippen molar-refractivity contribution in [2.75, 3.05) is 7.05 Å². The number of likely N-dealkylation sites (N-methyl/N-ethyl adjacent to an activating group) is 1. The summed E-state index contributed by atoms with van der Waals surface area (Å²) >= 11 is 0. The number of pyridine rings is 2. The van der Waals surface area contributed by atoms with Crippen LogP contribution in [-0.4, -0.2) is 33.8 Å². The molecule has 212 valence electrons. The first-order valence-electron chi connectivity index (χ1n) is 15.2. The molecule has 3 heterocycles. The Balaban J connectivity index is 1.32. The SMILES string of the molecule is CC(C)c1cc(-c2ccccc2)c2ccc3ccc(CC4C=C(C5C=CC=CC5)N=C(c5ccccn5)N4C)cc3c2n1. The molecule has 3 aromatic carbocycles. The molecule has 43 heavy (non-hydrogen) atoms. The van der Waals surface area contributed by atoms with E-state index in [0.717, 1.165) is 41.3 Å². The molecule has 7 rings (SSSR count). The van der Waals surface area contributed by atoms with Crippen molar-refractivity contribution in [2.45, 2.75) is 38.6 Å². The van der Waals surface area contributed by atoms with Crippen LogP contribution in [0.3, 0.4) is 0 Å². The van der Waals surface area contributed by atoms with Gasteiger partial charge in [0.1, 0.15) is 5.69 Å². The lowest BCUT2D eigenvalue weighted by atomic mass is 9.91. The molecule has 2 aliphatic rings. The molecule has 0 spiro atoms. The Morgan fingerprint density at radius 3 is 2.49 bits per heavy atom. The number of aliphatic imine (C=N–C) groups is 1. The molecule has 1 aliphatic heterocycles. The van der Waals surface area contributed by atoms with Gasteiger partial charge >= 0.3 is 0 Å². The van der Waals surface area contributed by atoms with Gasteiger partial charge in [-0.25, -0.2) is 4.99 Å². The van der Waals surface area contributed by atoms with Gasteiger partial charge in [-0.15, -0.1) is 0 Å². The van der Waals surface area contributed by atoms with Gasteiger partial charge in [0.25, 0.3) is 0 Å². The summed E-state index contributed by atoms with van der Waals surface area (Å²) in [5.41, 5.74) is 7.97. The van der Waals surface area contributed by atoms with E-state index in [-0.39, 0.29) is 12.0 Å². The highest BCUT2D eigenvalue weighted by Gasteiger charge is 2.27. The molecular formula is C39H36N4. The van der Waals surface area contributed by atoms with Gasteiger partial charge in [-0.3, -0.25) is 9.97 Å². The zero-order valence-corrected chi connectivity index (χ0v) is 25.0. The predicted molar refractivity (Wildman–Crippen MR) is 179 cm³/mol. The summed E-state index contributed by atoms with van der Waals surface area (Å²) in [4.78, 5) is 17.3. The zero-order valence-electron chi connectivity index (χ0n) is 25.0. The van der Waals surface area contributed by atoms with Crippen molar-refractivity contribution in [1.82, 2.24) is 14.9 Å². The number of fused-ring (bicyclic) bond motifs is 3. The van der Waals surface area contributed by atoms with Crippen molar-refractivity contribution < 1.29 is 0 Å². The van der Waals surface area contributed by atoms with Crippen molar-refractivity contribution in [3.05, 3.63) is 144 Å². The summed E-state index contributed by atoms with van der Waals surface area (Å²) in [5.74, 6) is 1.53. The molecule has 0 fully saturated rings. The van der Waals surface area contributed by atoms with Crippen LogP contribution in [0.2, 0.25) is 0 Å². The van der Waals surface area contributed by atoms with Gasteiger partial charge < -0.3 is 4.90 Å². The van der Waals surface area contributed by atoms with E-state index < -0.39 is 0 Å². The molecule has 0 bridgehead atoms. The summed E-state index contributed by atoms with van der Waals surface area (Å²) in [6, 6.07) is 30.5. The van der Waals surface area contributed by atoms with E-state index in [1.165, 1.54) is 32.8 Å². The Hall–Kier alpha value is -4.83. The Morgan fingerprint density at radius 1 is 0.884 bits per heavy atom. The van der Waals surface area contributed by atoms with Gasteiger partial charge in [-0.2, -0.15) is 0 Å². The molecule has 4 nitrogen and oxygen atoms in total. The Morgan fingerprint density at radius 2 is 1.72 bits per heavy atom. The maximum absolute atomic E-state index is 5.25.